The Morgan fingerprint density at radius 1 is 1.50 bits per heavy atom. The van der Waals surface area contributed by atoms with Gasteiger partial charge in [-0.3, -0.25) is 0 Å². The number of hydrogen-bond donors (Lipinski definition) is 2. The van der Waals surface area contributed by atoms with Crippen molar-refractivity contribution >= 4 is 11.6 Å². The molecule has 4 heteroatoms. The smallest absolute Gasteiger partial charge is 0.142 e. The van der Waals surface area contributed by atoms with Crippen molar-refractivity contribution in [2.45, 2.75) is 31.4 Å². The Balaban J connectivity index is 1.88. The number of rotatable bonds is 5. The van der Waals surface area contributed by atoms with E-state index >= 15 is 0 Å². The van der Waals surface area contributed by atoms with Crippen LogP contribution in [0, 0.1) is 5.82 Å². The Labute approximate surface area is 99.4 Å². The Morgan fingerprint density at radius 3 is 2.94 bits per heavy atom. The molecule has 1 saturated carbocycles. The van der Waals surface area contributed by atoms with Crippen molar-refractivity contribution in [1.29, 1.82) is 0 Å². The average molecular weight is 244 g/mol. The molecule has 0 bridgehead atoms. The second-order valence-corrected chi connectivity index (χ2v) is 4.63. The lowest BCUT2D eigenvalue weighted by molar-refractivity contribution is 0.171. The topological polar surface area (TPSA) is 32.3 Å². The zero-order valence-electron chi connectivity index (χ0n) is 8.92. The number of hydrogen-bond acceptors (Lipinski definition) is 2. The second kappa shape index (κ2) is 5.13. The van der Waals surface area contributed by atoms with Crippen LogP contribution in [0.5, 0.6) is 0 Å². The van der Waals surface area contributed by atoms with Gasteiger partial charge in [-0.25, -0.2) is 4.39 Å². The molecular formula is C12H15ClFNO. The van der Waals surface area contributed by atoms with Gasteiger partial charge in [-0.2, -0.15) is 0 Å². The zero-order chi connectivity index (χ0) is 11.5. The fourth-order valence-corrected chi connectivity index (χ4v) is 1.83. The SMILES string of the molecule is OC(CNC1CC1)Cc1cccc(F)c1Cl. The first-order chi connectivity index (χ1) is 7.66. The number of aliphatic hydroxyl groups is 1. The molecule has 2 nitrogen and oxygen atoms in total. The molecule has 0 aliphatic heterocycles. The van der Waals surface area contributed by atoms with E-state index in [0.29, 0.717) is 24.6 Å². The summed E-state index contributed by atoms with van der Waals surface area (Å²) in [4.78, 5) is 0. The number of nitrogens with one attached hydrogen (secondary N) is 1. The summed E-state index contributed by atoms with van der Waals surface area (Å²) in [6.45, 7) is 0.539. The standard InChI is InChI=1S/C12H15ClFNO/c13-12-8(2-1-3-11(12)14)6-10(16)7-15-9-4-5-9/h1-3,9-10,15-16H,4-7H2. The molecule has 0 saturated heterocycles. The van der Waals surface area contributed by atoms with E-state index in [1.54, 1.807) is 12.1 Å². The van der Waals surface area contributed by atoms with E-state index in [-0.39, 0.29) is 5.02 Å². The first kappa shape index (κ1) is 11.8. The maximum absolute atomic E-state index is 13.1. The lowest BCUT2D eigenvalue weighted by Crippen LogP contribution is -2.29. The van der Waals surface area contributed by atoms with Crippen molar-refractivity contribution in [3.8, 4) is 0 Å². The number of benzene rings is 1. The molecule has 0 heterocycles. The normalized spacial score (nSPS) is 17.4. The van der Waals surface area contributed by atoms with Gasteiger partial charge in [0, 0.05) is 19.0 Å². The zero-order valence-corrected chi connectivity index (χ0v) is 9.67. The van der Waals surface area contributed by atoms with Gasteiger partial charge < -0.3 is 10.4 Å². The molecule has 0 amide bonds. The summed E-state index contributed by atoms with van der Waals surface area (Å²) >= 11 is 5.81. The summed E-state index contributed by atoms with van der Waals surface area (Å²) in [6, 6.07) is 5.24. The first-order valence-electron chi connectivity index (χ1n) is 5.51. The highest BCUT2D eigenvalue weighted by Gasteiger charge is 2.21. The van der Waals surface area contributed by atoms with Gasteiger partial charge in [-0.1, -0.05) is 23.7 Å². The minimum atomic E-state index is -0.514. The predicted molar refractivity (Wildman–Crippen MR) is 62.1 cm³/mol. The summed E-state index contributed by atoms with van der Waals surface area (Å²) in [7, 11) is 0. The predicted octanol–water partition coefficient (Wildman–Crippen LogP) is 2.13. The molecule has 1 aromatic carbocycles. The highest BCUT2D eigenvalue weighted by Crippen LogP contribution is 2.21. The Bertz CT molecular complexity index is 368. The van der Waals surface area contributed by atoms with Crippen LogP contribution in [0.2, 0.25) is 5.02 Å². The average Bonchev–Trinajstić information content (AvgIpc) is 3.06. The summed E-state index contributed by atoms with van der Waals surface area (Å²) < 4.78 is 13.1. The molecule has 0 aromatic heterocycles. The molecule has 0 radical (unpaired) electrons. The molecule has 1 atom stereocenters. The van der Waals surface area contributed by atoms with Gasteiger partial charge in [0.2, 0.25) is 0 Å². The van der Waals surface area contributed by atoms with Crippen LogP contribution in [0.3, 0.4) is 0 Å². The minimum absolute atomic E-state index is 0.118. The summed E-state index contributed by atoms with van der Waals surface area (Å²) in [5, 5.41) is 13.1. The van der Waals surface area contributed by atoms with Crippen LogP contribution >= 0.6 is 11.6 Å². The van der Waals surface area contributed by atoms with E-state index in [9.17, 15) is 9.50 Å². The van der Waals surface area contributed by atoms with Crippen molar-refractivity contribution in [2.24, 2.45) is 0 Å². The van der Waals surface area contributed by atoms with Crippen LogP contribution in [0.15, 0.2) is 18.2 Å². The fraction of sp³-hybridized carbons (Fsp3) is 0.500. The lowest BCUT2D eigenvalue weighted by atomic mass is 10.1. The molecule has 1 aliphatic carbocycles. The molecule has 2 N–H and O–H groups in total. The molecule has 16 heavy (non-hydrogen) atoms. The largest absolute Gasteiger partial charge is 0.391 e. The van der Waals surface area contributed by atoms with Gasteiger partial charge in [0.25, 0.3) is 0 Å². The maximum Gasteiger partial charge on any atom is 0.142 e. The van der Waals surface area contributed by atoms with E-state index in [0.717, 1.165) is 0 Å². The first-order valence-corrected chi connectivity index (χ1v) is 5.89. The third kappa shape index (κ3) is 3.17. The van der Waals surface area contributed by atoms with Crippen LogP contribution in [-0.2, 0) is 6.42 Å². The van der Waals surface area contributed by atoms with Gasteiger partial charge in [-0.05, 0) is 24.5 Å². The van der Waals surface area contributed by atoms with Crippen LogP contribution in [-0.4, -0.2) is 23.8 Å². The molecule has 2 rings (SSSR count). The fourth-order valence-electron chi connectivity index (χ4n) is 1.62. The quantitative estimate of drug-likeness (QED) is 0.831. The van der Waals surface area contributed by atoms with E-state index in [1.165, 1.54) is 18.9 Å². The Kier molecular flexibility index (Phi) is 3.79. The maximum atomic E-state index is 13.1. The van der Waals surface area contributed by atoms with Gasteiger partial charge >= 0.3 is 0 Å². The monoisotopic (exact) mass is 243 g/mol. The third-order valence-corrected chi connectivity index (χ3v) is 3.13. The van der Waals surface area contributed by atoms with Gasteiger partial charge in [0.1, 0.15) is 5.82 Å². The molecule has 1 aliphatic rings. The highest BCUT2D eigenvalue weighted by atomic mass is 35.5. The number of halogens is 2. The van der Waals surface area contributed by atoms with E-state index in [2.05, 4.69) is 5.32 Å². The van der Waals surface area contributed by atoms with Crippen molar-refractivity contribution in [1.82, 2.24) is 5.32 Å². The van der Waals surface area contributed by atoms with Crippen molar-refractivity contribution in [3.63, 3.8) is 0 Å². The van der Waals surface area contributed by atoms with Gasteiger partial charge in [0.05, 0.1) is 11.1 Å². The van der Waals surface area contributed by atoms with Gasteiger partial charge in [0.15, 0.2) is 0 Å². The van der Waals surface area contributed by atoms with Crippen molar-refractivity contribution in [3.05, 3.63) is 34.6 Å². The third-order valence-electron chi connectivity index (χ3n) is 2.71. The molecular weight excluding hydrogens is 229 g/mol. The lowest BCUT2D eigenvalue weighted by Gasteiger charge is -2.12. The van der Waals surface area contributed by atoms with Crippen LogP contribution in [0.4, 0.5) is 4.39 Å². The van der Waals surface area contributed by atoms with Crippen LogP contribution < -0.4 is 5.32 Å². The Morgan fingerprint density at radius 2 is 2.25 bits per heavy atom. The number of aliphatic hydroxyl groups excluding tert-OH is 1. The van der Waals surface area contributed by atoms with Gasteiger partial charge in [-0.15, -0.1) is 0 Å². The van der Waals surface area contributed by atoms with Crippen molar-refractivity contribution in [2.75, 3.05) is 6.54 Å². The Hall–Kier alpha value is -0.640. The second-order valence-electron chi connectivity index (χ2n) is 4.25. The van der Waals surface area contributed by atoms with E-state index in [4.69, 9.17) is 11.6 Å². The summed E-state index contributed by atoms with van der Waals surface area (Å²) in [6.07, 6.45) is 2.25. The van der Waals surface area contributed by atoms with E-state index < -0.39 is 11.9 Å². The van der Waals surface area contributed by atoms with Crippen molar-refractivity contribution < 1.29 is 9.50 Å². The molecule has 1 unspecified atom stereocenters. The minimum Gasteiger partial charge on any atom is -0.391 e. The summed E-state index contributed by atoms with van der Waals surface area (Å²) in [5.41, 5.74) is 0.659. The molecule has 1 fully saturated rings. The summed E-state index contributed by atoms with van der Waals surface area (Å²) in [5.74, 6) is -0.429. The molecule has 88 valence electrons. The van der Waals surface area contributed by atoms with Crippen LogP contribution in [0.1, 0.15) is 18.4 Å². The molecule has 0 spiro atoms. The van der Waals surface area contributed by atoms with Crippen LogP contribution in [0.25, 0.3) is 0 Å². The molecule has 1 aromatic rings. The van der Waals surface area contributed by atoms with E-state index in [1.807, 2.05) is 0 Å². The highest BCUT2D eigenvalue weighted by molar-refractivity contribution is 6.31.